The average molecular weight is 299 g/mol. The highest BCUT2D eigenvalue weighted by atomic mass is 32.2. The highest BCUT2D eigenvalue weighted by Gasteiger charge is 2.44. The molecular weight excluding hydrogens is 282 g/mol. The summed E-state index contributed by atoms with van der Waals surface area (Å²) in [5.41, 5.74) is 0.806. The van der Waals surface area contributed by atoms with Crippen LogP contribution in [0.25, 0.3) is 0 Å². The molecule has 0 aliphatic carbocycles. The van der Waals surface area contributed by atoms with Crippen molar-refractivity contribution in [2.75, 3.05) is 13.7 Å². The lowest BCUT2D eigenvalue weighted by atomic mass is 10.2. The van der Waals surface area contributed by atoms with E-state index >= 15 is 0 Å². The molecule has 0 radical (unpaired) electrons. The molecule has 1 aliphatic heterocycles. The van der Waals surface area contributed by atoms with Crippen LogP contribution in [-0.2, 0) is 19.6 Å². The Bertz CT molecular complexity index is 613. The Morgan fingerprint density at radius 1 is 1.45 bits per heavy atom. The molecule has 1 aromatic carbocycles. The van der Waals surface area contributed by atoms with Gasteiger partial charge in [0.25, 0.3) is 0 Å². The van der Waals surface area contributed by atoms with Crippen molar-refractivity contribution in [3.8, 4) is 0 Å². The van der Waals surface area contributed by atoms with Gasteiger partial charge in [0.05, 0.1) is 11.0 Å². The second-order valence-corrected chi connectivity index (χ2v) is 6.73. The molecule has 0 spiro atoms. The van der Waals surface area contributed by atoms with Crippen LogP contribution in [0.15, 0.2) is 29.2 Å². The van der Waals surface area contributed by atoms with Crippen LogP contribution in [0, 0.1) is 6.92 Å². The van der Waals surface area contributed by atoms with Gasteiger partial charge < -0.3 is 9.84 Å². The summed E-state index contributed by atoms with van der Waals surface area (Å²) in [6, 6.07) is 5.36. The monoisotopic (exact) mass is 299 g/mol. The number of methoxy groups -OCH3 is 1. The number of carbonyl (C=O) groups is 1. The third-order valence-electron chi connectivity index (χ3n) is 3.43. The van der Waals surface area contributed by atoms with Crippen LogP contribution in [0.1, 0.15) is 12.0 Å². The Morgan fingerprint density at radius 3 is 2.70 bits per heavy atom. The molecule has 6 nitrogen and oxygen atoms in total. The Morgan fingerprint density at radius 2 is 2.15 bits per heavy atom. The van der Waals surface area contributed by atoms with E-state index in [1.165, 1.54) is 19.2 Å². The zero-order valence-corrected chi connectivity index (χ0v) is 12.1. The van der Waals surface area contributed by atoms with E-state index in [4.69, 9.17) is 4.74 Å². The molecule has 0 aromatic heterocycles. The van der Waals surface area contributed by atoms with Crippen molar-refractivity contribution < 1.29 is 23.1 Å². The number of rotatable bonds is 4. The van der Waals surface area contributed by atoms with Crippen molar-refractivity contribution in [2.24, 2.45) is 0 Å². The van der Waals surface area contributed by atoms with Crippen molar-refractivity contribution in [3.05, 3.63) is 29.8 Å². The van der Waals surface area contributed by atoms with Gasteiger partial charge in [0.15, 0.2) is 0 Å². The van der Waals surface area contributed by atoms with Gasteiger partial charge in [-0.25, -0.2) is 8.42 Å². The minimum absolute atomic E-state index is 0.0593. The maximum atomic E-state index is 12.6. The predicted octanol–water partition coefficient (Wildman–Crippen LogP) is 0.858. The summed E-state index contributed by atoms with van der Waals surface area (Å²) in [6.07, 6.45) is -0.229. The first-order chi connectivity index (χ1) is 9.36. The van der Waals surface area contributed by atoms with Gasteiger partial charge in [-0.15, -0.1) is 0 Å². The minimum atomic E-state index is -3.83. The van der Waals surface area contributed by atoms with Crippen LogP contribution in [-0.4, -0.2) is 49.6 Å². The zero-order chi connectivity index (χ0) is 14.9. The molecule has 0 unspecified atom stereocenters. The Balaban J connectivity index is 2.39. The highest BCUT2D eigenvalue weighted by Crippen LogP contribution is 2.28. The summed E-state index contributed by atoms with van der Waals surface area (Å²) in [4.78, 5) is 11.4. The standard InChI is InChI=1S/C13H17NO5S/c1-9-4-3-5-11(6-9)20(17,18)14-8-10(19-2)7-12(14)13(15)16/h3-6,10,12H,7-8H2,1-2H3,(H,15,16)/t10-,12-/m1/s1. The zero-order valence-electron chi connectivity index (χ0n) is 11.3. The molecule has 1 fully saturated rings. The second kappa shape index (κ2) is 5.51. The number of nitrogens with zero attached hydrogens (tertiary/aromatic N) is 1. The SMILES string of the molecule is CO[C@@H]1C[C@H](C(=O)O)N(S(=O)(=O)c2cccc(C)c2)C1. The quantitative estimate of drug-likeness (QED) is 0.891. The van der Waals surface area contributed by atoms with Gasteiger partial charge in [-0.1, -0.05) is 12.1 Å². The summed E-state index contributed by atoms with van der Waals surface area (Å²) in [6.45, 7) is 1.85. The minimum Gasteiger partial charge on any atom is -0.480 e. The molecule has 2 rings (SSSR count). The topological polar surface area (TPSA) is 83.9 Å². The maximum absolute atomic E-state index is 12.6. The van der Waals surface area contributed by atoms with E-state index < -0.39 is 28.1 Å². The van der Waals surface area contributed by atoms with Crippen LogP contribution in [0.4, 0.5) is 0 Å². The van der Waals surface area contributed by atoms with Gasteiger partial charge in [0.2, 0.25) is 10.0 Å². The molecule has 1 aromatic rings. The smallest absolute Gasteiger partial charge is 0.322 e. The van der Waals surface area contributed by atoms with E-state index in [1.807, 2.05) is 0 Å². The first-order valence-corrected chi connectivity index (χ1v) is 7.64. The number of benzene rings is 1. The van der Waals surface area contributed by atoms with Crippen LogP contribution < -0.4 is 0 Å². The summed E-state index contributed by atoms with van der Waals surface area (Å²) in [7, 11) is -2.38. The van der Waals surface area contributed by atoms with E-state index in [9.17, 15) is 18.3 Å². The second-order valence-electron chi connectivity index (χ2n) is 4.84. The van der Waals surface area contributed by atoms with E-state index in [0.29, 0.717) is 0 Å². The van der Waals surface area contributed by atoms with Gasteiger partial charge in [-0.05, 0) is 24.6 Å². The maximum Gasteiger partial charge on any atom is 0.322 e. The third kappa shape index (κ3) is 2.70. The first-order valence-electron chi connectivity index (χ1n) is 6.20. The molecule has 1 heterocycles. The first kappa shape index (κ1) is 15.0. The summed E-state index contributed by atoms with van der Waals surface area (Å²) in [5, 5.41) is 9.20. The Labute approximate surface area is 118 Å². The normalized spacial score (nSPS) is 23.9. The summed E-state index contributed by atoms with van der Waals surface area (Å²) in [5.74, 6) is -1.15. The van der Waals surface area contributed by atoms with Crippen LogP contribution >= 0.6 is 0 Å². The van der Waals surface area contributed by atoms with Crippen molar-refractivity contribution >= 4 is 16.0 Å². The van der Waals surface area contributed by atoms with Gasteiger partial charge in [0.1, 0.15) is 6.04 Å². The molecule has 1 N–H and O–H groups in total. The van der Waals surface area contributed by atoms with Crippen LogP contribution in [0.2, 0.25) is 0 Å². The highest BCUT2D eigenvalue weighted by molar-refractivity contribution is 7.89. The molecule has 0 saturated carbocycles. The lowest BCUT2D eigenvalue weighted by Gasteiger charge is -2.20. The number of sulfonamides is 1. The van der Waals surface area contributed by atoms with Crippen molar-refractivity contribution in [2.45, 2.75) is 30.4 Å². The van der Waals surface area contributed by atoms with Gasteiger partial charge >= 0.3 is 5.97 Å². The molecule has 0 bridgehead atoms. The number of hydrogen-bond donors (Lipinski definition) is 1. The van der Waals surface area contributed by atoms with E-state index in [1.54, 1.807) is 19.1 Å². The Kier molecular flexibility index (Phi) is 4.12. The van der Waals surface area contributed by atoms with Crippen LogP contribution in [0.3, 0.4) is 0 Å². The fourth-order valence-corrected chi connectivity index (χ4v) is 4.07. The van der Waals surface area contributed by atoms with E-state index in [0.717, 1.165) is 9.87 Å². The molecular formula is C13H17NO5S. The number of ether oxygens (including phenoxy) is 1. The number of carboxylic acid groups (broad SMARTS) is 1. The molecule has 0 amide bonds. The van der Waals surface area contributed by atoms with Gasteiger partial charge in [0, 0.05) is 20.1 Å². The van der Waals surface area contributed by atoms with Crippen molar-refractivity contribution in [3.63, 3.8) is 0 Å². The summed E-state index contributed by atoms with van der Waals surface area (Å²) >= 11 is 0. The van der Waals surface area contributed by atoms with Gasteiger partial charge in [-0.3, -0.25) is 4.79 Å². The lowest BCUT2D eigenvalue weighted by molar-refractivity contribution is -0.140. The Hall–Kier alpha value is -1.44. The molecule has 110 valence electrons. The molecule has 20 heavy (non-hydrogen) atoms. The molecule has 2 atom stereocenters. The third-order valence-corrected chi connectivity index (χ3v) is 5.30. The summed E-state index contributed by atoms with van der Waals surface area (Å²) < 4.78 is 31.3. The molecule has 7 heteroatoms. The predicted molar refractivity (Wildman–Crippen MR) is 71.9 cm³/mol. The van der Waals surface area contributed by atoms with E-state index in [2.05, 4.69) is 0 Å². The van der Waals surface area contributed by atoms with Gasteiger partial charge in [-0.2, -0.15) is 4.31 Å². The van der Waals surface area contributed by atoms with Crippen LogP contribution in [0.5, 0.6) is 0 Å². The fraction of sp³-hybridized carbons (Fsp3) is 0.462. The number of hydrogen-bond acceptors (Lipinski definition) is 4. The van der Waals surface area contributed by atoms with Crippen molar-refractivity contribution in [1.82, 2.24) is 4.31 Å². The molecule has 1 saturated heterocycles. The largest absolute Gasteiger partial charge is 0.480 e. The fourth-order valence-electron chi connectivity index (χ4n) is 2.34. The van der Waals surface area contributed by atoms with Crippen molar-refractivity contribution in [1.29, 1.82) is 0 Å². The lowest BCUT2D eigenvalue weighted by Crippen LogP contribution is -2.40. The molecule has 1 aliphatic rings. The average Bonchev–Trinajstić information content (AvgIpc) is 2.83. The number of aryl methyl sites for hydroxylation is 1. The number of aliphatic carboxylic acids is 1. The van der Waals surface area contributed by atoms with E-state index in [-0.39, 0.29) is 17.9 Å². The number of carboxylic acids is 1.